The van der Waals surface area contributed by atoms with Crippen molar-refractivity contribution >= 4 is 12.4 Å². The molecule has 0 rings (SSSR count). The predicted octanol–water partition coefficient (Wildman–Crippen LogP) is 1.44. The summed E-state index contributed by atoms with van der Waals surface area (Å²) in [7, 11) is 0. The standard InChI is InChI=1S/C9H16FNO3/c1-8(2,3)14-7(13)11-9(4,5-10)6-12/h6H,5H2,1-4H3,(H,11,13). The highest BCUT2D eigenvalue weighted by Gasteiger charge is 2.28. The number of aldehydes is 1. The zero-order chi connectivity index (χ0) is 11.4. The lowest BCUT2D eigenvalue weighted by molar-refractivity contribution is -0.113. The van der Waals surface area contributed by atoms with Gasteiger partial charge in [0.2, 0.25) is 0 Å². The van der Waals surface area contributed by atoms with E-state index in [0.29, 0.717) is 6.29 Å². The van der Waals surface area contributed by atoms with Crippen molar-refractivity contribution in [2.45, 2.75) is 38.8 Å². The minimum Gasteiger partial charge on any atom is -0.444 e. The number of alkyl halides is 1. The van der Waals surface area contributed by atoms with E-state index in [-0.39, 0.29) is 0 Å². The summed E-state index contributed by atoms with van der Waals surface area (Å²) in [5.74, 6) is 0. The summed E-state index contributed by atoms with van der Waals surface area (Å²) >= 11 is 0. The molecule has 1 amide bonds. The molecule has 0 aromatic carbocycles. The average Bonchev–Trinajstić information content (AvgIpc) is 2.00. The van der Waals surface area contributed by atoms with Gasteiger partial charge in [-0.1, -0.05) is 0 Å². The maximum Gasteiger partial charge on any atom is 0.408 e. The second-order valence-corrected chi connectivity index (χ2v) is 4.30. The van der Waals surface area contributed by atoms with Crippen LogP contribution < -0.4 is 5.32 Å². The molecule has 0 aliphatic carbocycles. The van der Waals surface area contributed by atoms with Crippen LogP contribution in [0.4, 0.5) is 9.18 Å². The van der Waals surface area contributed by atoms with Gasteiger partial charge in [-0.3, -0.25) is 0 Å². The van der Waals surface area contributed by atoms with Crippen molar-refractivity contribution in [3.63, 3.8) is 0 Å². The molecule has 0 saturated heterocycles. The van der Waals surface area contributed by atoms with Crippen molar-refractivity contribution in [1.29, 1.82) is 0 Å². The van der Waals surface area contributed by atoms with Crippen molar-refractivity contribution < 1.29 is 18.7 Å². The Balaban J connectivity index is 4.25. The Kier molecular flexibility index (Phi) is 4.04. The van der Waals surface area contributed by atoms with Crippen LogP contribution >= 0.6 is 0 Å². The number of halogens is 1. The molecule has 0 bridgehead atoms. The molecular weight excluding hydrogens is 189 g/mol. The fourth-order valence-corrected chi connectivity index (χ4v) is 0.631. The maximum atomic E-state index is 12.3. The number of hydrogen-bond donors (Lipinski definition) is 1. The van der Waals surface area contributed by atoms with Crippen molar-refractivity contribution in [2.75, 3.05) is 6.67 Å². The van der Waals surface area contributed by atoms with Crippen LogP contribution in [0.15, 0.2) is 0 Å². The molecule has 0 radical (unpaired) electrons. The summed E-state index contributed by atoms with van der Waals surface area (Å²) in [6, 6.07) is 0. The predicted molar refractivity (Wildman–Crippen MR) is 49.8 cm³/mol. The summed E-state index contributed by atoms with van der Waals surface area (Å²) in [6.07, 6.45) is -0.457. The molecule has 0 aromatic rings. The van der Waals surface area contributed by atoms with E-state index in [2.05, 4.69) is 5.32 Å². The second kappa shape index (κ2) is 4.39. The first-order valence-corrected chi connectivity index (χ1v) is 4.26. The van der Waals surface area contributed by atoms with Gasteiger partial charge in [-0.15, -0.1) is 0 Å². The first-order chi connectivity index (χ1) is 6.22. The van der Waals surface area contributed by atoms with E-state index in [1.54, 1.807) is 20.8 Å². The van der Waals surface area contributed by atoms with E-state index in [4.69, 9.17) is 4.74 Å². The molecule has 0 heterocycles. The molecule has 0 spiro atoms. The van der Waals surface area contributed by atoms with Gasteiger partial charge in [-0.05, 0) is 27.7 Å². The highest BCUT2D eigenvalue weighted by Crippen LogP contribution is 2.08. The average molecular weight is 205 g/mol. The third kappa shape index (κ3) is 4.79. The smallest absolute Gasteiger partial charge is 0.408 e. The fraction of sp³-hybridized carbons (Fsp3) is 0.778. The van der Waals surface area contributed by atoms with Crippen molar-refractivity contribution in [1.82, 2.24) is 5.32 Å². The van der Waals surface area contributed by atoms with Crippen molar-refractivity contribution in [3.8, 4) is 0 Å². The number of nitrogens with one attached hydrogen (secondary N) is 1. The zero-order valence-electron chi connectivity index (χ0n) is 8.89. The lowest BCUT2D eigenvalue weighted by Gasteiger charge is -2.25. The quantitative estimate of drug-likeness (QED) is 0.709. The highest BCUT2D eigenvalue weighted by atomic mass is 19.1. The SMILES string of the molecule is CC(C=O)(CF)NC(=O)OC(C)(C)C. The van der Waals surface area contributed by atoms with Gasteiger partial charge in [0.25, 0.3) is 0 Å². The Morgan fingerprint density at radius 1 is 1.43 bits per heavy atom. The molecule has 82 valence electrons. The fourth-order valence-electron chi connectivity index (χ4n) is 0.631. The third-order valence-corrected chi connectivity index (χ3v) is 1.32. The molecule has 1 unspecified atom stereocenters. The third-order valence-electron chi connectivity index (χ3n) is 1.32. The number of carbonyl (C=O) groups excluding carboxylic acids is 2. The summed E-state index contributed by atoms with van der Waals surface area (Å²) in [5, 5.41) is 2.15. The van der Waals surface area contributed by atoms with Gasteiger partial charge in [0.1, 0.15) is 24.1 Å². The molecule has 5 heteroatoms. The molecule has 0 aromatic heterocycles. The minimum absolute atomic E-state index is 0.344. The molecule has 14 heavy (non-hydrogen) atoms. The lowest BCUT2D eigenvalue weighted by atomic mass is 10.1. The summed E-state index contributed by atoms with van der Waals surface area (Å²) in [4.78, 5) is 21.6. The molecule has 1 atom stereocenters. The largest absolute Gasteiger partial charge is 0.444 e. The lowest BCUT2D eigenvalue weighted by Crippen LogP contribution is -2.50. The molecule has 0 aliphatic heterocycles. The van der Waals surface area contributed by atoms with Gasteiger partial charge in [-0.2, -0.15) is 0 Å². The zero-order valence-corrected chi connectivity index (χ0v) is 8.89. The van der Waals surface area contributed by atoms with Crippen LogP contribution in [-0.2, 0) is 9.53 Å². The number of ether oxygens (including phenoxy) is 1. The molecule has 1 N–H and O–H groups in total. The van der Waals surface area contributed by atoms with Gasteiger partial charge in [-0.25, -0.2) is 9.18 Å². The number of hydrogen-bond acceptors (Lipinski definition) is 3. The van der Waals surface area contributed by atoms with Gasteiger partial charge in [0.05, 0.1) is 0 Å². The molecule has 0 aliphatic rings. The monoisotopic (exact) mass is 205 g/mol. The molecular formula is C9H16FNO3. The topological polar surface area (TPSA) is 55.4 Å². The van der Waals surface area contributed by atoms with E-state index in [9.17, 15) is 14.0 Å². The van der Waals surface area contributed by atoms with Gasteiger partial charge in [0, 0.05) is 0 Å². The first kappa shape index (κ1) is 12.9. The van der Waals surface area contributed by atoms with Gasteiger partial charge < -0.3 is 14.8 Å². The van der Waals surface area contributed by atoms with Crippen LogP contribution in [0.25, 0.3) is 0 Å². The number of rotatable bonds is 3. The van der Waals surface area contributed by atoms with Gasteiger partial charge in [0.15, 0.2) is 0 Å². The Hall–Kier alpha value is -1.13. The van der Waals surface area contributed by atoms with E-state index in [1.165, 1.54) is 6.92 Å². The van der Waals surface area contributed by atoms with E-state index >= 15 is 0 Å². The van der Waals surface area contributed by atoms with Crippen LogP contribution in [0.2, 0.25) is 0 Å². The second-order valence-electron chi connectivity index (χ2n) is 4.30. The molecule has 0 saturated carbocycles. The number of carbonyl (C=O) groups is 2. The van der Waals surface area contributed by atoms with E-state index in [0.717, 1.165) is 0 Å². The normalized spacial score (nSPS) is 15.5. The Morgan fingerprint density at radius 2 is 1.93 bits per heavy atom. The minimum atomic E-state index is -1.50. The summed E-state index contributed by atoms with van der Waals surface area (Å²) in [6.45, 7) is 5.36. The Morgan fingerprint density at radius 3 is 2.21 bits per heavy atom. The van der Waals surface area contributed by atoms with Crippen LogP contribution in [-0.4, -0.2) is 30.2 Å². The molecule has 0 fully saturated rings. The number of alkyl carbamates (subject to hydrolysis) is 1. The Bertz CT molecular complexity index is 225. The first-order valence-electron chi connectivity index (χ1n) is 4.26. The van der Waals surface area contributed by atoms with Crippen molar-refractivity contribution in [2.24, 2.45) is 0 Å². The van der Waals surface area contributed by atoms with E-state index in [1.807, 2.05) is 0 Å². The van der Waals surface area contributed by atoms with Crippen LogP contribution in [0.1, 0.15) is 27.7 Å². The van der Waals surface area contributed by atoms with Crippen molar-refractivity contribution in [3.05, 3.63) is 0 Å². The molecule has 4 nitrogen and oxygen atoms in total. The van der Waals surface area contributed by atoms with Crippen LogP contribution in [0.5, 0.6) is 0 Å². The van der Waals surface area contributed by atoms with Crippen LogP contribution in [0, 0.1) is 0 Å². The van der Waals surface area contributed by atoms with Gasteiger partial charge >= 0.3 is 6.09 Å². The summed E-state index contributed by atoms with van der Waals surface area (Å²) in [5.41, 5.74) is -2.16. The van der Waals surface area contributed by atoms with Crippen LogP contribution in [0.3, 0.4) is 0 Å². The Labute approximate surface area is 82.8 Å². The highest BCUT2D eigenvalue weighted by molar-refractivity contribution is 5.76. The summed E-state index contributed by atoms with van der Waals surface area (Å²) < 4.78 is 17.2. The number of amides is 1. The maximum absolute atomic E-state index is 12.3. The van der Waals surface area contributed by atoms with E-state index < -0.39 is 23.9 Å².